The van der Waals surface area contributed by atoms with Crippen LogP contribution >= 0.6 is 0 Å². The maximum absolute atomic E-state index is 13.9. The van der Waals surface area contributed by atoms with E-state index in [-0.39, 0.29) is 46.7 Å². The van der Waals surface area contributed by atoms with Crippen molar-refractivity contribution in [3.05, 3.63) is 42.2 Å². The van der Waals surface area contributed by atoms with Crippen molar-refractivity contribution in [1.29, 1.82) is 0 Å². The van der Waals surface area contributed by atoms with Crippen molar-refractivity contribution in [2.45, 2.75) is 30.3 Å². The van der Waals surface area contributed by atoms with Crippen molar-refractivity contribution in [2.75, 3.05) is 23.3 Å². The number of fused-ring (bicyclic) bond motifs is 1. The van der Waals surface area contributed by atoms with E-state index in [1.54, 1.807) is 0 Å². The summed E-state index contributed by atoms with van der Waals surface area (Å²) in [5.74, 6) is -1.52. The largest absolute Gasteiger partial charge is 0.494 e. The summed E-state index contributed by atoms with van der Waals surface area (Å²) in [6, 6.07) is 7.41. The molecule has 182 valence electrons. The minimum Gasteiger partial charge on any atom is -0.494 e. The van der Waals surface area contributed by atoms with E-state index in [0.717, 1.165) is 35.3 Å². The molecule has 1 heterocycles. The summed E-state index contributed by atoms with van der Waals surface area (Å²) in [5.41, 5.74) is 5.82. The third-order valence-corrected chi connectivity index (χ3v) is 7.70. The fraction of sp³-hybridized carbons (Fsp3) is 0.364. The van der Waals surface area contributed by atoms with E-state index in [0.29, 0.717) is 0 Å². The highest BCUT2D eigenvalue weighted by molar-refractivity contribution is 7.92. The number of carbonyl (C=O) groups is 2. The van der Waals surface area contributed by atoms with Gasteiger partial charge in [0.15, 0.2) is 11.6 Å². The molecule has 2 aliphatic rings. The standard InChI is InChI=1S/C22H24FN3O7S/c1-32-20-10-15(5-6-17(20)23)34(30,31)26-11-14(9-16(21(24)27)12-2-3-12)33-19-7-4-13(8-18(19)26)25-22(28)29/h4-8,10,12,14,16,25H,2-3,9,11H2,1H3,(H2,24,27)(H,28,29)/t14-,16?/m0/s1. The number of methoxy groups -OCH3 is 1. The minimum atomic E-state index is -4.25. The highest BCUT2D eigenvalue weighted by Crippen LogP contribution is 2.43. The van der Waals surface area contributed by atoms with Gasteiger partial charge in [-0.05, 0) is 55.5 Å². The summed E-state index contributed by atoms with van der Waals surface area (Å²) >= 11 is 0. The van der Waals surface area contributed by atoms with Crippen LogP contribution in [-0.4, -0.2) is 45.3 Å². The number of rotatable bonds is 8. The number of nitrogens with one attached hydrogen (secondary N) is 1. The molecule has 1 saturated carbocycles. The van der Waals surface area contributed by atoms with Gasteiger partial charge < -0.3 is 20.3 Å². The quantitative estimate of drug-likeness (QED) is 0.512. The van der Waals surface area contributed by atoms with Crippen molar-refractivity contribution >= 4 is 33.4 Å². The maximum atomic E-state index is 13.9. The lowest BCUT2D eigenvalue weighted by atomic mass is 9.95. The van der Waals surface area contributed by atoms with Crippen molar-refractivity contribution < 1.29 is 37.0 Å². The second-order valence-corrected chi connectivity index (χ2v) is 10.1. The van der Waals surface area contributed by atoms with E-state index < -0.39 is 39.9 Å². The predicted molar refractivity (Wildman–Crippen MR) is 120 cm³/mol. The molecule has 0 radical (unpaired) electrons. The van der Waals surface area contributed by atoms with Crippen LogP contribution < -0.4 is 24.8 Å². The summed E-state index contributed by atoms with van der Waals surface area (Å²) in [6.45, 7) is -0.151. The van der Waals surface area contributed by atoms with Crippen LogP contribution in [0, 0.1) is 17.7 Å². The Hall–Kier alpha value is -3.54. The second kappa shape index (κ2) is 9.01. The second-order valence-electron chi connectivity index (χ2n) is 8.27. The number of ether oxygens (including phenoxy) is 2. The molecule has 0 spiro atoms. The first-order valence-corrected chi connectivity index (χ1v) is 12.0. The third-order valence-electron chi connectivity index (χ3n) is 5.93. The summed E-state index contributed by atoms with van der Waals surface area (Å²) < 4.78 is 53.2. The molecule has 12 heteroatoms. The molecule has 0 bridgehead atoms. The molecule has 1 unspecified atom stereocenters. The zero-order valence-electron chi connectivity index (χ0n) is 18.2. The van der Waals surface area contributed by atoms with E-state index in [9.17, 15) is 22.4 Å². The number of carboxylic acid groups (broad SMARTS) is 1. The topological polar surface area (TPSA) is 148 Å². The van der Waals surface area contributed by atoms with Crippen LogP contribution in [-0.2, 0) is 14.8 Å². The Labute approximate surface area is 195 Å². The van der Waals surface area contributed by atoms with Gasteiger partial charge in [-0.25, -0.2) is 17.6 Å². The zero-order chi connectivity index (χ0) is 24.6. The van der Waals surface area contributed by atoms with Gasteiger partial charge in [0.1, 0.15) is 11.9 Å². The molecule has 2 aromatic rings. The highest BCUT2D eigenvalue weighted by Gasteiger charge is 2.41. The predicted octanol–water partition coefficient (Wildman–Crippen LogP) is 2.78. The highest BCUT2D eigenvalue weighted by atomic mass is 32.2. The summed E-state index contributed by atoms with van der Waals surface area (Å²) in [4.78, 5) is 22.8. The molecule has 1 aliphatic carbocycles. The number of hydrogen-bond donors (Lipinski definition) is 3. The Morgan fingerprint density at radius 3 is 2.65 bits per heavy atom. The Balaban J connectivity index is 1.75. The van der Waals surface area contributed by atoms with Crippen molar-refractivity contribution in [3.8, 4) is 11.5 Å². The lowest BCUT2D eigenvalue weighted by molar-refractivity contribution is -0.123. The van der Waals surface area contributed by atoms with Gasteiger partial charge in [0.25, 0.3) is 10.0 Å². The molecule has 4 N–H and O–H groups in total. The number of benzene rings is 2. The van der Waals surface area contributed by atoms with Crippen LogP contribution in [0.5, 0.6) is 11.5 Å². The number of anilines is 2. The minimum absolute atomic E-state index is 0.104. The first-order chi connectivity index (χ1) is 16.1. The fourth-order valence-corrected chi connectivity index (χ4v) is 5.63. The van der Waals surface area contributed by atoms with E-state index in [1.165, 1.54) is 25.3 Å². The van der Waals surface area contributed by atoms with E-state index in [1.807, 2.05) is 0 Å². The Morgan fingerprint density at radius 2 is 2.03 bits per heavy atom. The Bertz CT molecular complexity index is 1230. The van der Waals surface area contributed by atoms with Crippen molar-refractivity contribution in [1.82, 2.24) is 0 Å². The normalized spacial score (nSPS) is 18.4. The van der Waals surface area contributed by atoms with E-state index in [4.69, 9.17) is 20.3 Å². The fourth-order valence-electron chi connectivity index (χ4n) is 4.11. The SMILES string of the molecule is COc1cc(S(=O)(=O)N2C[C@H](CC(C(N)=O)C3CC3)Oc3ccc(NC(=O)O)cc32)ccc1F. The number of primary amides is 1. The number of hydrogen-bond acceptors (Lipinski definition) is 6. The van der Waals surface area contributed by atoms with Crippen LogP contribution in [0.25, 0.3) is 0 Å². The molecule has 4 rings (SSSR count). The molecule has 34 heavy (non-hydrogen) atoms. The molecule has 2 atom stereocenters. The smallest absolute Gasteiger partial charge is 0.409 e. The van der Waals surface area contributed by atoms with Gasteiger partial charge >= 0.3 is 6.09 Å². The number of carbonyl (C=O) groups excluding carboxylic acids is 1. The van der Waals surface area contributed by atoms with Gasteiger partial charge in [0.2, 0.25) is 5.91 Å². The zero-order valence-corrected chi connectivity index (χ0v) is 19.0. The average molecular weight is 494 g/mol. The molecule has 1 aliphatic heterocycles. The van der Waals surface area contributed by atoms with Gasteiger partial charge in [-0.3, -0.25) is 14.4 Å². The van der Waals surface area contributed by atoms with Gasteiger partial charge in [0, 0.05) is 17.7 Å². The van der Waals surface area contributed by atoms with Crippen LogP contribution in [0.1, 0.15) is 19.3 Å². The Kier molecular flexibility index (Phi) is 6.26. The van der Waals surface area contributed by atoms with E-state index in [2.05, 4.69) is 5.32 Å². The molecule has 1 fully saturated rings. The van der Waals surface area contributed by atoms with Gasteiger partial charge in [0.05, 0.1) is 24.2 Å². The number of nitrogens with two attached hydrogens (primary N) is 1. The molecular weight excluding hydrogens is 469 g/mol. The lowest BCUT2D eigenvalue weighted by Crippen LogP contribution is -2.45. The Morgan fingerprint density at radius 1 is 1.29 bits per heavy atom. The maximum Gasteiger partial charge on any atom is 0.409 e. The van der Waals surface area contributed by atoms with Crippen LogP contribution in [0.3, 0.4) is 0 Å². The molecule has 0 aromatic heterocycles. The van der Waals surface area contributed by atoms with Gasteiger partial charge in [-0.15, -0.1) is 0 Å². The van der Waals surface area contributed by atoms with E-state index >= 15 is 0 Å². The molecule has 10 nitrogen and oxygen atoms in total. The third kappa shape index (κ3) is 4.72. The molecule has 2 aromatic carbocycles. The number of amides is 2. The number of halogens is 1. The van der Waals surface area contributed by atoms with Gasteiger partial charge in [-0.2, -0.15) is 0 Å². The van der Waals surface area contributed by atoms with Crippen molar-refractivity contribution in [2.24, 2.45) is 17.6 Å². The monoisotopic (exact) mass is 493 g/mol. The van der Waals surface area contributed by atoms with Crippen LogP contribution in [0.4, 0.5) is 20.6 Å². The molecule has 2 amide bonds. The first kappa shape index (κ1) is 23.6. The summed E-state index contributed by atoms with van der Waals surface area (Å²) in [7, 11) is -3.03. The van der Waals surface area contributed by atoms with Crippen LogP contribution in [0.15, 0.2) is 41.3 Å². The first-order valence-electron chi connectivity index (χ1n) is 10.6. The molecular formula is C22H24FN3O7S. The summed E-state index contributed by atoms with van der Waals surface area (Å²) in [6.07, 6.45) is -0.0216. The molecule has 0 saturated heterocycles. The number of nitrogens with zero attached hydrogens (tertiary/aromatic N) is 1. The number of sulfonamides is 1. The summed E-state index contributed by atoms with van der Waals surface area (Å²) in [5, 5.41) is 11.2. The van der Waals surface area contributed by atoms with Crippen LogP contribution in [0.2, 0.25) is 0 Å². The van der Waals surface area contributed by atoms with Crippen molar-refractivity contribution in [3.63, 3.8) is 0 Å². The van der Waals surface area contributed by atoms with Gasteiger partial charge in [-0.1, -0.05) is 0 Å². The lowest BCUT2D eigenvalue weighted by Gasteiger charge is -2.36. The average Bonchev–Trinajstić information content (AvgIpc) is 3.61.